The summed E-state index contributed by atoms with van der Waals surface area (Å²) in [5, 5.41) is 3.12. The summed E-state index contributed by atoms with van der Waals surface area (Å²) in [7, 11) is 0. The van der Waals surface area contributed by atoms with E-state index in [1.165, 1.54) is 22.3 Å². The third kappa shape index (κ3) is 2.46. The highest BCUT2D eigenvalue weighted by Crippen LogP contribution is 2.38. The van der Waals surface area contributed by atoms with Gasteiger partial charge in [0.25, 0.3) is 0 Å². The van der Waals surface area contributed by atoms with Gasteiger partial charge in [-0.05, 0) is 25.0 Å². The van der Waals surface area contributed by atoms with Crippen LogP contribution in [0.5, 0.6) is 0 Å². The molecule has 102 valence electrons. The van der Waals surface area contributed by atoms with Crippen molar-refractivity contribution in [2.45, 2.75) is 32.2 Å². The number of hydrogen-bond acceptors (Lipinski definition) is 1. The standard InChI is InChI=1S/C18H19NO/c1-12-8-13(2)10-15(9-12)16-11-17(20)19-18(16)14-6-4-3-5-7-14/h3-10,16,18H,11H2,1-2H3,(H,19,20). The van der Waals surface area contributed by atoms with Gasteiger partial charge in [-0.15, -0.1) is 0 Å². The molecule has 20 heavy (non-hydrogen) atoms. The van der Waals surface area contributed by atoms with Crippen LogP contribution in [0.15, 0.2) is 48.5 Å². The second kappa shape index (κ2) is 5.12. The summed E-state index contributed by atoms with van der Waals surface area (Å²) < 4.78 is 0. The Morgan fingerprint density at radius 2 is 1.60 bits per heavy atom. The zero-order valence-corrected chi connectivity index (χ0v) is 11.9. The Morgan fingerprint density at radius 1 is 0.950 bits per heavy atom. The zero-order valence-electron chi connectivity index (χ0n) is 11.9. The van der Waals surface area contributed by atoms with Crippen molar-refractivity contribution in [3.63, 3.8) is 0 Å². The zero-order chi connectivity index (χ0) is 14.1. The third-order valence-electron chi connectivity index (χ3n) is 3.96. The number of benzene rings is 2. The third-order valence-corrected chi connectivity index (χ3v) is 3.96. The number of rotatable bonds is 2. The van der Waals surface area contributed by atoms with Gasteiger partial charge in [-0.2, -0.15) is 0 Å². The quantitative estimate of drug-likeness (QED) is 0.882. The van der Waals surface area contributed by atoms with E-state index in [1.807, 2.05) is 18.2 Å². The first-order chi connectivity index (χ1) is 9.63. The lowest BCUT2D eigenvalue weighted by molar-refractivity contribution is -0.119. The molecule has 0 bridgehead atoms. The molecular weight excluding hydrogens is 246 g/mol. The highest BCUT2D eigenvalue weighted by molar-refractivity contribution is 5.80. The van der Waals surface area contributed by atoms with E-state index in [2.05, 4.69) is 49.5 Å². The van der Waals surface area contributed by atoms with Crippen LogP contribution in [0.25, 0.3) is 0 Å². The molecule has 2 nitrogen and oxygen atoms in total. The highest BCUT2D eigenvalue weighted by atomic mass is 16.2. The molecule has 1 aliphatic heterocycles. The molecule has 0 radical (unpaired) electrons. The average molecular weight is 265 g/mol. The predicted molar refractivity (Wildman–Crippen MR) is 80.6 cm³/mol. The van der Waals surface area contributed by atoms with Gasteiger partial charge in [-0.3, -0.25) is 4.79 Å². The number of hydrogen-bond donors (Lipinski definition) is 1. The molecule has 0 aliphatic carbocycles. The highest BCUT2D eigenvalue weighted by Gasteiger charge is 2.34. The second-order valence-electron chi connectivity index (χ2n) is 5.69. The van der Waals surface area contributed by atoms with Crippen LogP contribution in [0.4, 0.5) is 0 Å². The molecule has 2 unspecified atom stereocenters. The first-order valence-corrected chi connectivity index (χ1v) is 7.06. The molecule has 2 heteroatoms. The summed E-state index contributed by atoms with van der Waals surface area (Å²) in [6.07, 6.45) is 0.572. The number of amides is 1. The first kappa shape index (κ1) is 12.9. The van der Waals surface area contributed by atoms with Crippen LogP contribution in [0, 0.1) is 13.8 Å². The summed E-state index contributed by atoms with van der Waals surface area (Å²) in [6.45, 7) is 4.22. The fraction of sp³-hybridized carbons (Fsp3) is 0.278. The van der Waals surface area contributed by atoms with Gasteiger partial charge in [-0.1, -0.05) is 59.7 Å². The topological polar surface area (TPSA) is 29.1 Å². The lowest BCUT2D eigenvalue weighted by Crippen LogP contribution is -2.20. The summed E-state index contributed by atoms with van der Waals surface area (Å²) in [5.41, 5.74) is 4.95. The lowest BCUT2D eigenvalue weighted by atomic mass is 9.86. The van der Waals surface area contributed by atoms with Crippen molar-refractivity contribution in [3.8, 4) is 0 Å². The van der Waals surface area contributed by atoms with E-state index < -0.39 is 0 Å². The molecule has 2 aromatic rings. The van der Waals surface area contributed by atoms with Gasteiger partial charge >= 0.3 is 0 Å². The SMILES string of the molecule is Cc1cc(C)cc(C2CC(=O)NC2c2ccccc2)c1. The molecule has 1 N–H and O–H groups in total. The number of carbonyl (C=O) groups excluding carboxylic acids is 1. The van der Waals surface area contributed by atoms with Gasteiger partial charge in [0.2, 0.25) is 5.91 Å². The maximum atomic E-state index is 11.9. The van der Waals surface area contributed by atoms with Gasteiger partial charge in [0, 0.05) is 12.3 Å². The number of nitrogens with one attached hydrogen (secondary N) is 1. The van der Waals surface area contributed by atoms with E-state index in [1.54, 1.807) is 0 Å². The molecule has 1 aliphatic rings. The molecule has 2 aromatic carbocycles. The smallest absolute Gasteiger partial charge is 0.221 e. The summed E-state index contributed by atoms with van der Waals surface area (Å²) >= 11 is 0. The lowest BCUT2D eigenvalue weighted by Gasteiger charge is -2.20. The average Bonchev–Trinajstić information content (AvgIpc) is 2.81. The van der Waals surface area contributed by atoms with E-state index >= 15 is 0 Å². The van der Waals surface area contributed by atoms with Crippen LogP contribution in [0.1, 0.15) is 40.6 Å². The number of aryl methyl sites for hydroxylation is 2. The van der Waals surface area contributed by atoms with E-state index in [0.717, 1.165) is 0 Å². The van der Waals surface area contributed by atoms with Crippen molar-refractivity contribution in [2.75, 3.05) is 0 Å². The molecule has 0 spiro atoms. The monoisotopic (exact) mass is 265 g/mol. The maximum absolute atomic E-state index is 11.9. The van der Waals surface area contributed by atoms with Crippen molar-refractivity contribution < 1.29 is 4.79 Å². The largest absolute Gasteiger partial charge is 0.349 e. The van der Waals surface area contributed by atoms with E-state index in [-0.39, 0.29) is 17.9 Å². The first-order valence-electron chi connectivity index (χ1n) is 7.06. The molecule has 0 saturated carbocycles. The molecular formula is C18H19NO. The van der Waals surface area contributed by atoms with E-state index in [0.29, 0.717) is 6.42 Å². The van der Waals surface area contributed by atoms with Crippen molar-refractivity contribution in [3.05, 3.63) is 70.8 Å². The molecule has 1 heterocycles. The van der Waals surface area contributed by atoms with Crippen molar-refractivity contribution in [2.24, 2.45) is 0 Å². The fourth-order valence-corrected chi connectivity index (χ4v) is 3.16. The Balaban J connectivity index is 2.00. The van der Waals surface area contributed by atoms with Crippen LogP contribution < -0.4 is 5.32 Å². The predicted octanol–water partition coefficient (Wildman–Crippen LogP) is 3.65. The summed E-state index contributed by atoms with van der Waals surface area (Å²) in [5.74, 6) is 0.367. The molecule has 1 amide bonds. The Hall–Kier alpha value is -2.09. The molecule has 1 saturated heterocycles. The van der Waals surface area contributed by atoms with Crippen molar-refractivity contribution in [1.82, 2.24) is 5.32 Å². The minimum atomic E-state index is 0.0879. The second-order valence-corrected chi connectivity index (χ2v) is 5.69. The minimum Gasteiger partial charge on any atom is -0.349 e. The van der Waals surface area contributed by atoms with Gasteiger partial charge in [0.1, 0.15) is 0 Å². The summed E-state index contributed by atoms with van der Waals surface area (Å²) in [6, 6.07) is 16.9. The maximum Gasteiger partial charge on any atom is 0.221 e. The summed E-state index contributed by atoms with van der Waals surface area (Å²) in [4.78, 5) is 11.9. The van der Waals surface area contributed by atoms with Crippen LogP contribution >= 0.6 is 0 Å². The van der Waals surface area contributed by atoms with Gasteiger partial charge in [0.05, 0.1) is 6.04 Å². The van der Waals surface area contributed by atoms with Crippen LogP contribution in [0.3, 0.4) is 0 Å². The number of carbonyl (C=O) groups is 1. The van der Waals surface area contributed by atoms with E-state index in [9.17, 15) is 4.79 Å². The molecule has 2 atom stereocenters. The Bertz CT molecular complexity index is 613. The molecule has 1 fully saturated rings. The minimum absolute atomic E-state index is 0.0879. The van der Waals surface area contributed by atoms with Crippen LogP contribution in [0.2, 0.25) is 0 Å². The van der Waals surface area contributed by atoms with Crippen molar-refractivity contribution in [1.29, 1.82) is 0 Å². The van der Waals surface area contributed by atoms with Crippen LogP contribution in [-0.2, 0) is 4.79 Å². The van der Waals surface area contributed by atoms with Crippen LogP contribution in [-0.4, -0.2) is 5.91 Å². The van der Waals surface area contributed by atoms with E-state index in [4.69, 9.17) is 0 Å². The fourth-order valence-electron chi connectivity index (χ4n) is 3.16. The van der Waals surface area contributed by atoms with Gasteiger partial charge in [0.15, 0.2) is 0 Å². The normalized spacial score (nSPS) is 21.8. The van der Waals surface area contributed by atoms with Gasteiger partial charge < -0.3 is 5.32 Å². The molecule has 3 rings (SSSR count). The molecule has 0 aromatic heterocycles. The Labute approximate surface area is 119 Å². The van der Waals surface area contributed by atoms with Gasteiger partial charge in [-0.25, -0.2) is 0 Å². The van der Waals surface area contributed by atoms with Crippen molar-refractivity contribution >= 4 is 5.91 Å². The Kier molecular flexibility index (Phi) is 3.31. The Morgan fingerprint density at radius 3 is 2.25 bits per heavy atom.